The van der Waals surface area contributed by atoms with Gasteiger partial charge in [-0.2, -0.15) is 0 Å². The lowest BCUT2D eigenvalue weighted by Crippen LogP contribution is -1.95. The molecule has 2 nitrogen and oxygen atoms in total. The molecular formula is C11H10N2. The second-order valence-electron chi connectivity index (χ2n) is 3.33. The maximum absolute atomic E-state index is 2.20. The van der Waals surface area contributed by atoms with E-state index in [9.17, 15) is 0 Å². The van der Waals surface area contributed by atoms with Crippen LogP contribution in [0.5, 0.6) is 0 Å². The minimum atomic E-state index is 1.25. The largest absolute Gasteiger partial charge is 0.291 e. The summed E-state index contributed by atoms with van der Waals surface area (Å²) in [5.74, 6) is 0. The van der Waals surface area contributed by atoms with Crippen molar-refractivity contribution in [3.63, 3.8) is 0 Å². The molecule has 0 aliphatic rings. The van der Waals surface area contributed by atoms with Gasteiger partial charge in [0.05, 0.1) is 11.0 Å². The van der Waals surface area contributed by atoms with Crippen molar-refractivity contribution < 1.29 is 0 Å². The maximum Gasteiger partial charge on any atom is 0.0705 e. The number of para-hydroxylation sites is 1. The predicted octanol–water partition coefficient (Wildman–Crippen LogP) is 2.43. The molecule has 3 rings (SSSR count). The van der Waals surface area contributed by atoms with Gasteiger partial charge in [-0.05, 0) is 18.2 Å². The number of aryl methyl sites for hydroxylation is 1. The summed E-state index contributed by atoms with van der Waals surface area (Å²) in [4.78, 5) is 0. The quantitative estimate of drug-likeness (QED) is 0.490. The molecule has 0 aliphatic heterocycles. The number of hydrogen-bond donors (Lipinski definition) is 0. The third-order valence-corrected chi connectivity index (χ3v) is 2.49. The lowest BCUT2D eigenvalue weighted by molar-refractivity contribution is 0.728. The van der Waals surface area contributed by atoms with Gasteiger partial charge >= 0.3 is 0 Å². The van der Waals surface area contributed by atoms with Gasteiger partial charge in [0.2, 0.25) is 0 Å². The van der Waals surface area contributed by atoms with Crippen LogP contribution in [0.4, 0.5) is 0 Å². The van der Waals surface area contributed by atoms with E-state index >= 15 is 0 Å². The molecular weight excluding hydrogens is 160 g/mol. The van der Waals surface area contributed by atoms with Crippen molar-refractivity contribution in [1.82, 2.24) is 9.20 Å². The first kappa shape index (κ1) is 6.78. The Hall–Kier alpha value is -1.70. The smallest absolute Gasteiger partial charge is 0.0705 e. The Morgan fingerprint density at radius 2 is 1.92 bits per heavy atom. The molecule has 0 spiro atoms. The van der Waals surface area contributed by atoms with Gasteiger partial charge in [-0.25, -0.2) is 0 Å². The number of benzene rings is 1. The third-order valence-electron chi connectivity index (χ3n) is 2.49. The summed E-state index contributed by atoms with van der Waals surface area (Å²) in [6.07, 6.45) is 2.07. The average Bonchev–Trinajstić information content (AvgIpc) is 2.66. The van der Waals surface area contributed by atoms with Crippen LogP contribution in [-0.2, 0) is 7.05 Å². The maximum atomic E-state index is 2.20. The van der Waals surface area contributed by atoms with E-state index in [0.717, 1.165) is 0 Å². The summed E-state index contributed by atoms with van der Waals surface area (Å²) in [5.41, 5.74) is 2.52. The second-order valence-corrected chi connectivity index (χ2v) is 3.33. The van der Waals surface area contributed by atoms with Crippen molar-refractivity contribution in [3.05, 3.63) is 42.6 Å². The first-order valence-corrected chi connectivity index (χ1v) is 4.38. The molecule has 2 heterocycles. The summed E-state index contributed by atoms with van der Waals surface area (Å²) in [5, 5.41) is 1.30. The molecule has 13 heavy (non-hydrogen) atoms. The van der Waals surface area contributed by atoms with Gasteiger partial charge in [-0.15, -0.1) is 0 Å². The Bertz CT molecular complexity index is 572. The lowest BCUT2D eigenvalue weighted by atomic mass is 10.2. The molecule has 0 fully saturated rings. The van der Waals surface area contributed by atoms with E-state index in [1.165, 1.54) is 16.4 Å². The van der Waals surface area contributed by atoms with E-state index in [4.69, 9.17) is 0 Å². The summed E-state index contributed by atoms with van der Waals surface area (Å²) in [6.45, 7) is 0. The number of fused-ring (bicyclic) bond motifs is 3. The van der Waals surface area contributed by atoms with E-state index in [2.05, 4.69) is 58.8 Å². The molecule has 3 aromatic rings. The zero-order valence-corrected chi connectivity index (χ0v) is 7.44. The van der Waals surface area contributed by atoms with Crippen LogP contribution in [0.3, 0.4) is 0 Å². The van der Waals surface area contributed by atoms with E-state index < -0.39 is 0 Å². The van der Waals surface area contributed by atoms with Gasteiger partial charge < -0.3 is 0 Å². The fourth-order valence-corrected chi connectivity index (χ4v) is 1.88. The third kappa shape index (κ3) is 0.773. The molecule has 0 unspecified atom stereocenters. The van der Waals surface area contributed by atoms with Gasteiger partial charge in [0.1, 0.15) is 0 Å². The van der Waals surface area contributed by atoms with Crippen LogP contribution in [-0.4, -0.2) is 9.20 Å². The molecule has 0 amide bonds. The second kappa shape index (κ2) is 2.16. The molecule has 0 aliphatic carbocycles. The van der Waals surface area contributed by atoms with E-state index in [1.807, 2.05) is 0 Å². The van der Waals surface area contributed by atoms with Crippen LogP contribution < -0.4 is 0 Å². The highest BCUT2D eigenvalue weighted by Gasteiger charge is 2.02. The highest BCUT2D eigenvalue weighted by molar-refractivity contribution is 5.86. The van der Waals surface area contributed by atoms with Gasteiger partial charge in [0.15, 0.2) is 0 Å². The summed E-state index contributed by atoms with van der Waals surface area (Å²) in [6, 6.07) is 12.8. The normalized spacial score (nSPS) is 11.5. The van der Waals surface area contributed by atoms with Crippen LogP contribution in [0, 0.1) is 0 Å². The van der Waals surface area contributed by atoms with Gasteiger partial charge in [-0.3, -0.25) is 9.20 Å². The molecule has 0 bridgehead atoms. The first-order chi connectivity index (χ1) is 6.36. The number of nitrogens with zero attached hydrogens (tertiary/aromatic N) is 2. The summed E-state index contributed by atoms with van der Waals surface area (Å²) in [7, 11) is 2.06. The van der Waals surface area contributed by atoms with Crippen molar-refractivity contribution in [2.45, 2.75) is 0 Å². The zero-order valence-electron chi connectivity index (χ0n) is 7.44. The molecule has 2 aromatic heterocycles. The van der Waals surface area contributed by atoms with Crippen molar-refractivity contribution in [2.24, 2.45) is 7.05 Å². The van der Waals surface area contributed by atoms with E-state index in [1.54, 1.807) is 0 Å². The highest BCUT2D eigenvalue weighted by atomic mass is 15.3. The van der Waals surface area contributed by atoms with Crippen molar-refractivity contribution in [2.75, 3.05) is 0 Å². The van der Waals surface area contributed by atoms with Crippen molar-refractivity contribution >= 4 is 16.4 Å². The fraction of sp³-hybridized carbons (Fsp3) is 0.0909. The van der Waals surface area contributed by atoms with Crippen LogP contribution in [0.1, 0.15) is 0 Å². The van der Waals surface area contributed by atoms with Gasteiger partial charge in [0, 0.05) is 18.6 Å². The predicted molar refractivity (Wildman–Crippen MR) is 53.9 cm³/mol. The monoisotopic (exact) mass is 170 g/mol. The molecule has 0 radical (unpaired) electrons. The summed E-state index contributed by atoms with van der Waals surface area (Å²) >= 11 is 0. The van der Waals surface area contributed by atoms with Crippen molar-refractivity contribution in [1.29, 1.82) is 0 Å². The van der Waals surface area contributed by atoms with E-state index in [0.29, 0.717) is 0 Å². The Morgan fingerprint density at radius 1 is 1.08 bits per heavy atom. The van der Waals surface area contributed by atoms with Crippen LogP contribution >= 0.6 is 0 Å². The Morgan fingerprint density at radius 3 is 2.85 bits per heavy atom. The van der Waals surface area contributed by atoms with Crippen molar-refractivity contribution in [3.8, 4) is 0 Å². The molecule has 0 N–H and O–H groups in total. The number of aromatic nitrogens is 2. The molecule has 0 saturated carbocycles. The SMILES string of the molecule is Cn1ccc2cc3ccccc3n21. The zero-order chi connectivity index (χ0) is 8.84. The standard InChI is InChI=1S/C11H10N2/c1-12-7-6-10-8-9-4-2-3-5-11(9)13(10)12/h2-8H,1H3. The van der Waals surface area contributed by atoms with Crippen LogP contribution in [0.2, 0.25) is 0 Å². The van der Waals surface area contributed by atoms with E-state index in [-0.39, 0.29) is 0 Å². The van der Waals surface area contributed by atoms with Crippen LogP contribution in [0.25, 0.3) is 16.4 Å². The topological polar surface area (TPSA) is 9.34 Å². The Balaban J connectivity index is 2.66. The fourth-order valence-electron chi connectivity index (χ4n) is 1.88. The molecule has 2 heteroatoms. The molecule has 64 valence electrons. The van der Waals surface area contributed by atoms with Gasteiger partial charge in [0.25, 0.3) is 0 Å². The Kier molecular flexibility index (Phi) is 1.13. The number of rotatable bonds is 0. The molecule has 1 aromatic carbocycles. The number of hydrogen-bond acceptors (Lipinski definition) is 0. The highest BCUT2D eigenvalue weighted by Crippen LogP contribution is 2.19. The summed E-state index contributed by atoms with van der Waals surface area (Å²) < 4.78 is 4.30. The lowest BCUT2D eigenvalue weighted by Gasteiger charge is -1.97. The minimum Gasteiger partial charge on any atom is -0.291 e. The molecule has 0 saturated heterocycles. The average molecular weight is 170 g/mol. The minimum absolute atomic E-state index is 1.25. The van der Waals surface area contributed by atoms with Crippen LogP contribution in [0.15, 0.2) is 42.6 Å². The Labute approximate surface area is 76.0 Å². The van der Waals surface area contributed by atoms with Gasteiger partial charge in [-0.1, -0.05) is 18.2 Å². The first-order valence-electron chi connectivity index (χ1n) is 4.38. The molecule has 0 atom stereocenters.